The smallest absolute Gasteiger partial charge is 0.338 e. The highest BCUT2D eigenvalue weighted by Gasteiger charge is 2.50. The molecule has 1 fully saturated rings. The van der Waals surface area contributed by atoms with Crippen molar-refractivity contribution in [3.8, 4) is 0 Å². The lowest BCUT2D eigenvalue weighted by Crippen LogP contribution is -2.68. The molecule has 0 aromatic heterocycles. The molecule has 1 saturated heterocycles. The van der Waals surface area contributed by atoms with Crippen LogP contribution in [0.5, 0.6) is 0 Å². The molecule has 1 heterocycles. The van der Waals surface area contributed by atoms with Gasteiger partial charge in [-0.25, -0.2) is 9.59 Å². The van der Waals surface area contributed by atoms with Gasteiger partial charge in [-0.1, -0.05) is 99.6 Å². The maximum absolute atomic E-state index is 12.9. The second-order valence-electron chi connectivity index (χ2n) is 10.8. The van der Waals surface area contributed by atoms with Gasteiger partial charge in [0.15, 0.2) is 5.11 Å². The number of thiocarbonyl (C=S) groups is 1. The van der Waals surface area contributed by atoms with E-state index in [0.717, 1.165) is 10.4 Å². The molecule has 1 aliphatic heterocycles. The Labute approximate surface area is 242 Å². The Morgan fingerprint density at radius 1 is 0.925 bits per heavy atom. The summed E-state index contributed by atoms with van der Waals surface area (Å²) in [6.07, 6.45) is -0.280. The highest BCUT2D eigenvalue weighted by atomic mass is 32.1. The van der Waals surface area contributed by atoms with E-state index in [9.17, 15) is 9.59 Å². The van der Waals surface area contributed by atoms with Crippen molar-refractivity contribution in [3.05, 3.63) is 96.6 Å². The molecule has 0 radical (unpaired) electrons. The summed E-state index contributed by atoms with van der Waals surface area (Å²) in [5.74, 6) is -0.830. The van der Waals surface area contributed by atoms with Crippen molar-refractivity contribution < 1.29 is 23.5 Å². The first-order chi connectivity index (χ1) is 19.2. The van der Waals surface area contributed by atoms with Crippen LogP contribution < -0.4 is 15.7 Å². The van der Waals surface area contributed by atoms with Gasteiger partial charge in [0.1, 0.15) is 12.1 Å². The van der Waals surface area contributed by atoms with Gasteiger partial charge in [-0.2, -0.15) is 0 Å². The Morgan fingerprint density at radius 3 is 1.90 bits per heavy atom. The van der Waals surface area contributed by atoms with Crippen molar-refractivity contribution in [2.45, 2.75) is 38.0 Å². The molecule has 7 nitrogen and oxygen atoms in total. The first-order valence-electron chi connectivity index (χ1n) is 13.3. The Morgan fingerprint density at radius 2 is 1.43 bits per heavy atom. The van der Waals surface area contributed by atoms with E-state index in [1.54, 1.807) is 24.3 Å². The molecule has 0 unspecified atom stereocenters. The standard InChI is InChI=1S/C31H36N2O5SSi/c1-31(2,3)40(25-16-10-6-11-17-25,26-18-12-7-13-19-26)37-22-27(29(35)36-4)32-30(39)33-20-24(21-33)38-28(34)23-14-8-5-9-15-23/h5-19,24,27H,20-22H2,1-4H3,(H,32,39)/t27-/m0/s1. The lowest BCUT2D eigenvalue weighted by molar-refractivity contribution is -0.143. The summed E-state index contributed by atoms with van der Waals surface area (Å²) in [6.45, 7) is 7.49. The highest BCUT2D eigenvalue weighted by molar-refractivity contribution is 7.80. The molecule has 1 N–H and O–H groups in total. The maximum atomic E-state index is 12.9. The molecule has 1 atom stereocenters. The molecular weight excluding hydrogens is 541 g/mol. The van der Waals surface area contributed by atoms with Crippen LogP contribution in [-0.4, -0.2) is 69.2 Å². The lowest BCUT2D eigenvalue weighted by atomic mass is 10.1. The molecule has 40 heavy (non-hydrogen) atoms. The summed E-state index contributed by atoms with van der Waals surface area (Å²) in [6, 6.07) is 28.5. The number of carbonyl (C=O) groups is 2. The second kappa shape index (κ2) is 12.8. The van der Waals surface area contributed by atoms with Gasteiger partial charge < -0.3 is 24.1 Å². The van der Waals surface area contributed by atoms with Crippen LogP contribution in [0.3, 0.4) is 0 Å². The average molecular weight is 577 g/mol. The van der Waals surface area contributed by atoms with E-state index in [1.165, 1.54) is 7.11 Å². The monoisotopic (exact) mass is 576 g/mol. The quantitative estimate of drug-likeness (QED) is 0.236. The second-order valence-corrected chi connectivity index (χ2v) is 15.5. The number of hydrogen-bond donors (Lipinski definition) is 1. The first kappa shape index (κ1) is 29.4. The Balaban J connectivity index is 1.47. The summed E-state index contributed by atoms with van der Waals surface area (Å²) in [4.78, 5) is 27.1. The van der Waals surface area contributed by atoms with Gasteiger partial charge in [0.25, 0.3) is 8.32 Å². The van der Waals surface area contributed by atoms with Gasteiger partial charge in [-0.3, -0.25) is 0 Å². The Bertz CT molecular complexity index is 1260. The van der Waals surface area contributed by atoms with E-state index >= 15 is 0 Å². The van der Waals surface area contributed by atoms with Crippen LogP contribution in [0, 0.1) is 0 Å². The minimum Gasteiger partial charge on any atom is -0.467 e. The number of methoxy groups -OCH3 is 1. The van der Waals surface area contributed by atoms with Crippen LogP contribution in [-0.2, 0) is 18.7 Å². The van der Waals surface area contributed by atoms with Crippen molar-refractivity contribution in [3.63, 3.8) is 0 Å². The third-order valence-electron chi connectivity index (χ3n) is 7.09. The van der Waals surface area contributed by atoms with E-state index < -0.39 is 20.3 Å². The van der Waals surface area contributed by atoms with Crippen LogP contribution in [0.25, 0.3) is 0 Å². The minimum absolute atomic E-state index is 0.0698. The van der Waals surface area contributed by atoms with E-state index in [4.69, 9.17) is 26.1 Å². The predicted octanol–water partition coefficient (Wildman–Crippen LogP) is 3.52. The molecule has 3 aromatic carbocycles. The van der Waals surface area contributed by atoms with E-state index in [-0.39, 0.29) is 23.7 Å². The number of rotatable bonds is 9. The summed E-state index contributed by atoms with van der Waals surface area (Å²) in [7, 11) is -1.51. The zero-order valence-corrected chi connectivity index (χ0v) is 25.1. The van der Waals surface area contributed by atoms with Gasteiger partial charge in [-0.05, 0) is 39.8 Å². The van der Waals surface area contributed by atoms with E-state index in [1.807, 2.05) is 47.4 Å². The summed E-state index contributed by atoms with van der Waals surface area (Å²) in [5.41, 5.74) is 0.507. The molecule has 4 rings (SSSR count). The number of carbonyl (C=O) groups excluding carboxylic acids is 2. The fourth-order valence-electron chi connectivity index (χ4n) is 4.99. The zero-order valence-electron chi connectivity index (χ0n) is 23.3. The van der Waals surface area contributed by atoms with Gasteiger partial charge in [0.05, 0.1) is 32.4 Å². The molecule has 0 saturated carbocycles. The molecule has 9 heteroatoms. The van der Waals surface area contributed by atoms with Crippen molar-refractivity contribution >= 4 is 48.0 Å². The van der Waals surface area contributed by atoms with Crippen molar-refractivity contribution in [2.24, 2.45) is 0 Å². The molecule has 0 spiro atoms. The van der Waals surface area contributed by atoms with Crippen LogP contribution in [0.2, 0.25) is 5.04 Å². The number of hydrogen-bond acceptors (Lipinski definition) is 6. The number of esters is 2. The molecule has 210 valence electrons. The molecule has 0 aliphatic carbocycles. The normalized spacial score (nSPS) is 14.6. The van der Waals surface area contributed by atoms with Crippen LogP contribution in [0.4, 0.5) is 0 Å². The third kappa shape index (κ3) is 6.43. The zero-order chi connectivity index (χ0) is 28.8. The van der Waals surface area contributed by atoms with Crippen LogP contribution in [0.15, 0.2) is 91.0 Å². The number of likely N-dealkylation sites (tertiary alicyclic amines) is 1. The fraction of sp³-hybridized carbons (Fsp3) is 0.323. The van der Waals surface area contributed by atoms with E-state index in [0.29, 0.717) is 23.8 Å². The van der Waals surface area contributed by atoms with Crippen LogP contribution >= 0.6 is 12.2 Å². The Kier molecular flexibility index (Phi) is 9.39. The van der Waals surface area contributed by atoms with Crippen molar-refractivity contribution in [1.29, 1.82) is 0 Å². The Hall–Kier alpha value is -3.53. The maximum Gasteiger partial charge on any atom is 0.338 e. The number of ether oxygens (including phenoxy) is 2. The predicted molar refractivity (Wildman–Crippen MR) is 162 cm³/mol. The minimum atomic E-state index is -2.87. The fourth-order valence-corrected chi connectivity index (χ4v) is 9.86. The molecule has 3 aromatic rings. The summed E-state index contributed by atoms with van der Waals surface area (Å²) >= 11 is 5.62. The van der Waals surface area contributed by atoms with Crippen LogP contribution in [0.1, 0.15) is 31.1 Å². The average Bonchev–Trinajstić information content (AvgIpc) is 2.94. The number of benzene rings is 3. The molecule has 0 bridgehead atoms. The SMILES string of the molecule is COC(=O)[C@H](CO[Si](c1ccccc1)(c1ccccc1)C(C)(C)C)NC(=S)N1CC(OC(=O)c2ccccc2)C1. The summed E-state index contributed by atoms with van der Waals surface area (Å²) in [5, 5.41) is 5.51. The lowest BCUT2D eigenvalue weighted by Gasteiger charge is -2.44. The topological polar surface area (TPSA) is 77.1 Å². The van der Waals surface area contributed by atoms with Gasteiger partial charge >= 0.3 is 11.9 Å². The van der Waals surface area contributed by atoms with Gasteiger partial charge in [0.2, 0.25) is 0 Å². The molecule has 0 amide bonds. The van der Waals surface area contributed by atoms with Gasteiger partial charge in [-0.15, -0.1) is 0 Å². The summed E-state index contributed by atoms with van der Waals surface area (Å²) < 4.78 is 17.6. The highest BCUT2D eigenvalue weighted by Crippen LogP contribution is 2.36. The third-order valence-corrected chi connectivity index (χ3v) is 12.5. The van der Waals surface area contributed by atoms with Crippen molar-refractivity contribution in [2.75, 3.05) is 26.8 Å². The number of nitrogens with one attached hydrogen (secondary N) is 1. The molecular formula is C31H36N2O5SSi. The molecule has 1 aliphatic rings. The first-order valence-corrected chi connectivity index (χ1v) is 15.6. The number of nitrogens with zero attached hydrogens (tertiary/aromatic N) is 1. The van der Waals surface area contributed by atoms with E-state index in [2.05, 4.69) is 50.4 Å². The largest absolute Gasteiger partial charge is 0.467 e. The van der Waals surface area contributed by atoms with Gasteiger partial charge in [0, 0.05) is 0 Å². The van der Waals surface area contributed by atoms with Crippen molar-refractivity contribution in [1.82, 2.24) is 10.2 Å².